The molecule has 5 heteroatoms. The van der Waals surface area contributed by atoms with E-state index in [9.17, 15) is 9.59 Å². The van der Waals surface area contributed by atoms with Crippen molar-refractivity contribution >= 4 is 11.9 Å². The Morgan fingerprint density at radius 3 is 2.22 bits per heavy atom. The van der Waals surface area contributed by atoms with Crippen LogP contribution in [0.1, 0.15) is 40.5 Å². The summed E-state index contributed by atoms with van der Waals surface area (Å²) in [5, 5.41) is 8.81. The summed E-state index contributed by atoms with van der Waals surface area (Å²) in [6.45, 7) is 8.17. The first kappa shape index (κ1) is 15.0. The zero-order chi connectivity index (χ0) is 13.9. The Morgan fingerprint density at radius 2 is 1.83 bits per heavy atom. The van der Waals surface area contributed by atoms with Gasteiger partial charge in [-0.2, -0.15) is 0 Å². The monoisotopic (exact) mass is 256 g/mol. The van der Waals surface area contributed by atoms with Crippen molar-refractivity contribution < 1.29 is 14.7 Å². The molecule has 5 nitrogen and oxygen atoms in total. The Kier molecular flexibility index (Phi) is 5.14. The number of amides is 1. The van der Waals surface area contributed by atoms with E-state index in [1.165, 1.54) is 4.90 Å². The summed E-state index contributed by atoms with van der Waals surface area (Å²) in [7, 11) is 0. The molecule has 0 aromatic heterocycles. The van der Waals surface area contributed by atoms with Crippen molar-refractivity contribution in [3.63, 3.8) is 0 Å². The van der Waals surface area contributed by atoms with Gasteiger partial charge in [-0.25, -0.2) is 0 Å². The molecule has 0 saturated carbocycles. The smallest absolute Gasteiger partial charge is 0.323 e. The molecule has 0 aliphatic carbocycles. The number of carboxylic acids is 1. The van der Waals surface area contributed by atoms with Gasteiger partial charge in [-0.1, -0.05) is 0 Å². The van der Waals surface area contributed by atoms with E-state index >= 15 is 0 Å². The van der Waals surface area contributed by atoms with Gasteiger partial charge in [-0.05, 0) is 40.5 Å². The standard InChI is InChI=1S/C13H24N2O3/c1-5-14(8-12(16)17)13(18)11(4)15-9(2)6-7-10(15)3/h9-11H,5-8H2,1-4H3,(H,16,17). The number of carbonyl (C=O) groups excluding carboxylic acids is 1. The van der Waals surface area contributed by atoms with Crippen molar-refractivity contribution in [2.24, 2.45) is 0 Å². The fraction of sp³-hybridized carbons (Fsp3) is 0.846. The van der Waals surface area contributed by atoms with Gasteiger partial charge in [-0.15, -0.1) is 0 Å². The highest BCUT2D eigenvalue weighted by atomic mass is 16.4. The van der Waals surface area contributed by atoms with Crippen LogP contribution in [0.3, 0.4) is 0 Å². The van der Waals surface area contributed by atoms with Crippen LogP contribution in [0.5, 0.6) is 0 Å². The fourth-order valence-electron chi connectivity index (χ4n) is 2.88. The SMILES string of the molecule is CCN(CC(=O)O)C(=O)C(C)N1C(C)CCC1C. The molecule has 1 aliphatic heterocycles. The minimum atomic E-state index is -0.958. The van der Waals surface area contributed by atoms with Gasteiger partial charge in [0, 0.05) is 18.6 Å². The van der Waals surface area contributed by atoms with Gasteiger partial charge in [0.25, 0.3) is 0 Å². The van der Waals surface area contributed by atoms with Crippen molar-refractivity contribution in [1.82, 2.24) is 9.80 Å². The first-order valence-corrected chi connectivity index (χ1v) is 6.66. The molecule has 1 rings (SSSR count). The number of nitrogens with zero attached hydrogens (tertiary/aromatic N) is 2. The molecule has 1 amide bonds. The van der Waals surface area contributed by atoms with Crippen LogP contribution in [0.25, 0.3) is 0 Å². The van der Waals surface area contributed by atoms with E-state index in [0.29, 0.717) is 18.6 Å². The first-order chi connectivity index (χ1) is 8.38. The van der Waals surface area contributed by atoms with Crippen LogP contribution in [-0.2, 0) is 9.59 Å². The van der Waals surface area contributed by atoms with Crippen LogP contribution >= 0.6 is 0 Å². The van der Waals surface area contributed by atoms with Gasteiger partial charge < -0.3 is 10.0 Å². The Labute approximate surface area is 109 Å². The fourth-order valence-corrected chi connectivity index (χ4v) is 2.88. The number of hydrogen-bond acceptors (Lipinski definition) is 3. The van der Waals surface area contributed by atoms with Crippen LogP contribution in [0.15, 0.2) is 0 Å². The lowest BCUT2D eigenvalue weighted by Gasteiger charge is -2.34. The van der Waals surface area contributed by atoms with E-state index in [1.54, 1.807) is 0 Å². The van der Waals surface area contributed by atoms with Gasteiger partial charge in [-0.3, -0.25) is 14.5 Å². The molecule has 1 fully saturated rings. The molecule has 3 unspecified atom stereocenters. The molecule has 1 heterocycles. The lowest BCUT2D eigenvalue weighted by Crippen LogP contribution is -2.51. The molecule has 0 aromatic rings. The topological polar surface area (TPSA) is 60.9 Å². The van der Waals surface area contributed by atoms with E-state index in [4.69, 9.17) is 5.11 Å². The number of aliphatic carboxylic acids is 1. The van der Waals surface area contributed by atoms with E-state index in [1.807, 2.05) is 13.8 Å². The summed E-state index contributed by atoms with van der Waals surface area (Å²) in [5.41, 5.74) is 0. The first-order valence-electron chi connectivity index (χ1n) is 6.66. The van der Waals surface area contributed by atoms with Gasteiger partial charge in [0.05, 0.1) is 6.04 Å². The Hall–Kier alpha value is -1.10. The third-order valence-electron chi connectivity index (χ3n) is 3.84. The second-order valence-corrected chi connectivity index (χ2v) is 5.14. The highest BCUT2D eigenvalue weighted by Gasteiger charge is 2.36. The molecule has 1 saturated heterocycles. The molecular formula is C13H24N2O3. The van der Waals surface area contributed by atoms with Crippen LogP contribution in [-0.4, -0.2) is 58.0 Å². The summed E-state index contributed by atoms with van der Waals surface area (Å²) in [4.78, 5) is 26.7. The average Bonchev–Trinajstić information content (AvgIpc) is 2.64. The Morgan fingerprint density at radius 1 is 1.33 bits per heavy atom. The highest BCUT2D eigenvalue weighted by molar-refractivity contribution is 5.85. The molecule has 1 aliphatic rings. The molecule has 0 spiro atoms. The maximum absolute atomic E-state index is 12.3. The van der Waals surface area contributed by atoms with Crippen molar-refractivity contribution in [2.45, 2.75) is 58.7 Å². The summed E-state index contributed by atoms with van der Waals surface area (Å²) >= 11 is 0. The molecule has 1 N–H and O–H groups in total. The van der Waals surface area contributed by atoms with Gasteiger partial charge in [0.1, 0.15) is 6.54 Å². The summed E-state index contributed by atoms with van der Waals surface area (Å²) < 4.78 is 0. The Bertz CT molecular complexity index is 309. The number of likely N-dealkylation sites (N-methyl/N-ethyl adjacent to an activating group) is 1. The molecule has 104 valence electrons. The third-order valence-corrected chi connectivity index (χ3v) is 3.84. The minimum absolute atomic E-state index is 0.0829. The molecule has 0 bridgehead atoms. The van der Waals surface area contributed by atoms with Crippen molar-refractivity contribution in [2.75, 3.05) is 13.1 Å². The zero-order valence-corrected chi connectivity index (χ0v) is 11.7. The summed E-state index contributed by atoms with van der Waals surface area (Å²) in [5.74, 6) is -1.04. The predicted octanol–water partition coefficient (Wildman–Crippen LogP) is 1.18. The second kappa shape index (κ2) is 6.18. The third kappa shape index (κ3) is 3.22. The average molecular weight is 256 g/mol. The van der Waals surface area contributed by atoms with Crippen LogP contribution in [0.2, 0.25) is 0 Å². The normalized spacial score (nSPS) is 26.0. The Balaban J connectivity index is 2.72. The van der Waals surface area contributed by atoms with Gasteiger partial charge in [0.2, 0.25) is 5.91 Å². The second-order valence-electron chi connectivity index (χ2n) is 5.14. The highest BCUT2D eigenvalue weighted by Crippen LogP contribution is 2.26. The van der Waals surface area contributed by atoms with Crippen molar-refractivity contribution in [3.05, 3.63) is 0 Å². The number of carboxylic acid groups (broad SMARTS) is 1. The van der Waals surface area contributed by atoms with E-state index in [-0.39, 0.29) is 18.5 Å². The molecule has 3 atom stereocenters. The zero-order valence-electron chi connectivity index (χ0n) is 11.7. The number of hydrogen-bond donors (Lipinski definition) is 1. The van der Waals surface area contributed by atoms with Gasteiger partial charge >= 0.3 is 5.97 Å². The van der Waals surface area contributed by atoms with E-state index in [2.05, 4.69) is 18.7 Å². The van der Waals surface area contributed by atoms with E-state index < -0.39 is 5.97 Å². The number of likely N-dealkylation sites (tertiary alicyclic amines) is 1. The number of rotatable bonds is 5. The summed E-state index contributed by atoms with van der Waals surface area (Å²) in [6, 6.07) is 0.543. The minimum Gasteiger partial charge on any atom is -0.480 e. The van der Waals surface area contributed by atoms with Crippen LogP contribution in [0.4, 0.5) is 0 Å². The lowest BCUT2D eigenvalue weighted by atomic mass is 10.2. The van der Waals surface area contributed by atoms with Crippen LogP contribution < -0.4 is 0 Å². The molecule has 0 aromatic carbocycles. The maximum Gasteiger partial charge on any atom is 0.323 e. The largest absolute Gasteiger partial charge is 0.480 e. The van der Waals surface area contributed by atoms with Gasteiger partial charge in [0.15, 0.2) is 0 Å². The van der Waals surface area contributed by atoms with Crippen molar-refractivity contribution in [1.29, 1.82) is 0 Å². The molecule has 18 heavy (non-hydrogen) atoms. The molecule has 0 radical (unpaired) electrons. The molecular weight excluding hydrogens is 232 g/mol. The quantitative estimate of drug-likeness (QED) is 0.802. The van der Waals surface area contributed by atoms with E-state index in [0.717, 1.165) is 12.8 Å². The van der Waals surface area contributed by atoms with Crippen molar-refractivity contribution in [3.8, 4) is 0 Å². The van der Waals surface area contributed by atoms with Crippen LogP contribution in [0, 0.1) is 0 Å². The summed E-state index contributed by atoms with van der Waals surface area (Å²) in [6.07, 6.45) is 2.20. The predicted molar refractivity (Wildman–Crippen MR) is 69.3 cm³/mol. The maximum atomic E-state index is 12.3. The number of carbonyl (C=O) groups is 2. The lowest BCUT2D eigenvalue weighted by molar-refractivity contribution is -0.147.